The number of hydrogen-bond donors (Lipinski definition) is 0. The zero-order valence-corrected chi connectivity index (χ0v) is 28.6. The van der Waals surface area contributed by atoms with Gasteiger partial charge in [-0.05, 0) is 111 Å². The summed E-state index contributed by atoms with van der Waals surface area (Å²) >= 11 is 0. The number of aryl methyl sites for hydroxylation is 2. The molecule has 0 aromatic heterocycles. The van der Waals surface area contributed by atoms with Gasteiger partial charge in [0.15, 0.2) is 29.5 Å². The van der Waals surface area contributed by atoms with Gasteiger partial charge < -0.3 is 9.31 Å². The Hall–Kier alpha value is -2.51. The molecule has 8 nitrogen and oxygen atoms in total. The van der Waals surface area contributed by atoms with Gasteiger partial charge in [0.1, 0.15) is 0 Å². The maximum absolute atomic E-state index is 12.7. The minimum absolute atomic E-state index is 0.296. The number of benzene rings is 3. The van der Waals surface area contributed by atoms with E-state index in [9.17, 15) is 25.3 Å². The van der Waals surface area contributed by atoms with Gasteiger partial charge in [-0.2, -0.15) is 0 Å². The molecular weight excluding hydrogens is 631 g/mol. The molecule has 0 N–H and O–H groups in total. The van der Waals surface area contributed by atoms with E-state index in [4.69, 9.17) is 25.8 Å². The molecule has 1 fully saturated rings. The van der Waals surface area contributed by atoms with Crippen LogP contribution in [0.4, 0.5) is 0 Å². The summed E-state index contributed by atoms with van der Waals surface area (Å²) in [7, 11) is -12.8. The zero-order chi connectivity index (χ0) is 44.6. The molecule has 12 heteroatoms. The summed E-state index contributed by atoms with van der Waals surface area (Å²) in [5, 5.41) is -4.92. The minimum Gasteiger partial charge on any atom is -0.399 e. The molecule has 3 aromatic rings. The first-order valence-electron chi connectivity index (χ1n) is 19.5. The molecule has 0 bridgehead atoms. The highest BCUT2D eigenvalue weighted by atomic mass is 32.2. The summed E-state index contributed by atoms with van der Waals surface area (Å²) in [5.74, 6) is 0. The van der Waals surface area contributed by atoms with Crippen LogP contribution in [-0.4, -0.2) is 60.3 Å². The SMILES string of the molecule is Cc1ccc(S(C)(=O)=O)cc1.[2H]C([2H])([2H])C(C([2H])([2H])[2H])S(=O)(=O)c1ccc(B2OC(C)(C)C(C)(C)O2)cc1.[2H]C([2H])([2H])C(C([2H])([2H])[2H])S(=O)(=O)c1ccc(C)cc1. The predicted octanol–water partition coefficient (Wildman–Crippen LogP) is 5.74. The van der Waals surface area contributed by atoms with Crippen molar-refractivity contribution in [2.75, 3.05) is 6.26 Å². The van der Waals surface area contributed by atoms with Crippen LogP contribution >= 0.6 is 0 Å². The molecule has 248 valence electrons. The van der Waals surface area contributed by atoms with Gasteiger partial charge in [0, 0.05) is 22.7 Å². The second kappa shape index (κ2) is 14.5. The Kier molecular flexibility index (Phi) is 7.66. The largest absolute Gasteiger partial charge is 0.494 e. The Balaban J connectivity index is 0.000000323. The van der Waals surface area contributed by atoms with Crippen molar-refractivity contribution in [3.05, 3.63) is 83.9 Å². The van der Waals surface area contributed by atoms with Crippen LogP contribution in [0, 0.1) is 13.8 Å². The van der Waals surface area contributed by atoms with Crippen LogP contribution in [0.25, 0.3) is 0 Å². The lowest BCUT2D eigenvalue weighted by molar-refractivity contribution is 0.00578. The van der Waals surface area contributed by atoms with Crippen molar-refractivity contribution >= 4 is 42.1 Å². The minimum atomic E-state index is -4.61. The molecule has 1 aliphatic heterocycles. The van der Waals surface area contributed by atoms with Gasteiger partial charge in [0.2, 0.25) is 0 Å². The maximum Gasteiger partial charge on any atom is 0.494 e. The first kappa shape index (κ1) is 23.8. The normalized spacial score (nSPS) is 21.1. The van der Waals surface area contributed by atoms with Crippen molar-refractivity contribution in [1.82, 2.24) is 0 Å². The van der Waals surface area contributed by atoms with E-state index in [1.807, 2.05) is 34.6 Å². The lowest BCUT2D eigenvalue weighted by Gasteiger charge is -2.32. The van der Waals surface area contributed by atoms with Crippen LogP contribution in [-0.2, 0) is 38.8 Å². The topological polar surface area (TPSA) is 121 Å². The third-order valence-electron chi connectivity index (χ3n) is 7.15. The average molecular weight is 691 g/mol. The van der Waals surface area contributed by atoms with Gasteiger partial charge in [0.25, 0.3) is 0 Å². The van der Waals surface area contributed by atoms with Crippen LogP contribution in [0.3, 0.4) is 0 Å². The molecule has 0 spiro atoms. The van der Waals surface area contributed by atoms with Crippen molar-refractivity contribution in [2.45, 2.75) is 105 Å². The van der Waals surface area contributed by atoms with Crippen LogP contribution in [0.15, 0.2) is 87.5 Å². The summed E-state index contributed by atoms with van der Waals surface area (Å²) < 4.78 is 171. The van der Waals surface area contributed by atoms with Gasteiger partial charge >= 0.3 is 7.12 Å². The Morgan fingerprint density at radius 2 is 0.889 bits per heavy atom. The van der Waals surface area contributed by atoms with Crippen molar-refractivity contribution in [2.24, 2.45) is 0 Å². The highest BCUT2D eigenvalue weighted by Gasteiger charge is 2.51. The molecule has 1 heterocycles. The summed E-state index contributed by atoms with van der Waals surface area (Å²) in [5.41, 5.74) is 1.26. The van der Waals surface area contributed by atoms with Gasteiger partial charge in [-0.3, -0.25) is 0 Å². The van der Waals surface area contributed by atoms with E-state index in [-0.39, 0.29) is 9.79 Å². The fraction of sp³-hybridized carbons (Fsp3) is 0.455. The van der Waals surface area contributed by atoms with E-state index in [2.05, 4.69) is 0 Å². The summed E-state index contributed by atoms with van der Waals surface area (Å²) in [6, 6.07) is 17.5. The highest BCUT2D eigenvalue weighted by Crippen LogP contribution is 2.36. The van der Waals surface area contributed by atoms with Crippen molar-refractivity contribution < 1.29 is 51.0 Å². The first-order chi connectivity index (χ1) is 25.3. The zero-order valence-electron chi connectivity index (χ0n) is 38.2. The molecule has 0 amide bonds. The lowest BCUT2D eigenvalue weighted by atomic mass is 9.79. The van der Waals surface area contributed by atoms with Gasteiger partial charge in [0.05, 0.1) is 36.4 Å². The van der Waals surface area contributed by atoms with Crippen molar-refractivity contribution in [3.63, 3.8) is 0 Å². The Labute approximate surface area is 288 Å². The molecule has 0 radical (unpaired) electrons. The summed E-state index contributed by atoms with van der Waals surface area (Å²) in [6.07, 6.45) is 1.21. The highest BCUT2D eigenvalue weighted by molar-refractivity contribution is 7.92. The quantitative estimate of drug-likeness (QED) is 0.300. The third kappa shape index (κ3) is 9.99. The molecule has 0 unspecified atom stereocenters. The van der Waals surface area contributed by atoms with E-state index in [1.165, 1.54) is 54.8 Å². The molecule has 1 aliphatic rings. The standard InChI is InChI=1S/C15H23BO4S.C10H14O2S.C8H10O2S/c1-11(2)21(17,18)13-9-7-12(8-10-13)16-19-14(3,4)15(5,6)20-16;1-8(2)13(11,12)10-6-4-9(3)5-7-10;1-7-3-5-8(6-4-7)11(2,9)10/h7-11H,1-6H3;4-8H,1-3H3;3-6H,1-2H3/i2*1D3,2D3;. The Bertz CT molecular complexity index is 2120. The summed E-state index contributed by atoms with van der Waals surface area (Å²) in [6.45, 7) is -1.43. The van der Waals surface area contributed by atoms with Crippen LogP contribution < -0.4 is 5.46 Å². The number of rotatable bonds is 6. The smallest absolute Gasteiger partial charge is 0.399 e. The number of hydrogen-bond acceptors (Lipinski definition) is 8. The van der Waals surface area contributed by atoms with E-state index in [1.54, 1.807) is 31.2 Å². The van der Waals surface area contributed by atoms with E-state index in [0.29, 0.717) is 10.4 Å². The monoisotopic (exact) mass is 690 g/mol. The second-order valence-corrected chi connectivity index (χ2v) is 17.5. The molecule has 0 saturated carbocycles. The number of sulfone groups is 3. The molecule has 0 aliphatic carbocycles. The maximum atomic E-state index is 12.7. The first-order valence-corrected chi connectivity index (χ1v) is 18.5. The van der Waals surface area contributed by atoms with Crippen molar-refractivity contribution in [1.29, 1.82) is 0 Å². The second-order valence-electron chi connectivity index (χ2n) is 11.4. The van der Waals surface area contributed by atoms with Crippen LogP contribution in [0.5, 0.6) is 0 Å². The molecule has 4 rings (SSSR count). The Morgan fingerprint density at radius 3 is 1.20 bits per heavy atom. The van der Waals surface area contributed by atoms with Gasteiger partial charge in [-0.25, -0.2) is 25.3 Å². The van der Waals surface area contributed by atoms with Crippen molar-refractivity contribution in [3.8, 4) is 0 Å². The molecule has 1 saturated heterocycles. The fourth-order valence-electron chi connectivity index (χ4n) is 3.58. The predicted molar refractivity (Wildman–Crippen MR) is 182 cm³/mol. The van der Waals surface area contributed by atoms with E-state index in [0.717, 1.165) is 11.1 Å². The van der Waals surface area contributed by atoms with E-state index >= 15 is 0 Å². The molecule has 0 atom stereocenters. The molecule has 3 aromatic carbocycles. The average Bonchev–Trinajstić information content (AvgIpc) is 3.20. The summed E-state index contributed by atoms with van der Waals surface area (Å²) in [4.78, 5) is -0.293. The van der Waals surface area contributed by atoms with Gasteiger partial charge in [-0.15, -0.1) is 0 Å². The fourth-order valence-corrected chi connectivity index (χ4v) is 5.79. The van der Waals surface area contributed by atoms with Crippen LogP contribution in [0.1, 0.15) is 82.7 Å². The van der Waals surface area contributed by atoms with Crippen LogP contribution in [0.2, 0.25) is 0 Å². The Morgan fingerprint density at radius 1 is 0.578 bits per heavy atom. The molecule has 45 heavy (non-hydrogen) atoms. The molecular formula is C33H47BO8S3. The van der Waals surface area contributed by atoms with E-state index < -0.39 is 85.7 Å². The lowest BCUT2D eigenvalue weighted by Crippen LogP contribution is -2.41. The van der Waals surface area contributed by atoms with Gasteiger partial charge in [-0.1, -0.05) is 47.5 Å². The third-order valence-corrected chi connectivity index (χ3v) is 11.4.